The molecular formula is C13H17ClN4O. The maximum atomic E-state index is 11.9. The molecule has 1 heterocycles. The lowest BCUT2D eigenvalue weighted by Gasteiger charge is -2.25. The summed E-state index contributed by atoms with van der Waals surface area (Å²) in [6.45, 7) is 7.23. The minimum atomic E-state index is -0.500. The molecule has 1 aromatic rings. The summed E-state index contributed by atoms with van der Waals surface area (Å²) in [5, 5.41) is 10.6. The molecule has 0 saturated heterocycles. The van der Waals surface area contributed by atoms with Crippen molar-refractivity contribution in [2.45, 2.75) is 27.7 Å². The Bertz CT molecular complexity index is 520. The molecule has 1 N–H and O–H groups in total. The molecule has 1 aromatic heterocycles. The molecule has 0 spiro atoms. The average molecular weight is 281 g/mol. The zero-order valence-corrected chi connectivity index (χ0v) is 12.5. The van der Waals surface area contributed by atoms with Crippen LogP contribution in [0.1, 0.15) is 31.9 Å². The largest absolute Gasteiger partial charge is 0.273 e. The van der Waals surface area contributed by atoms with Gasteiger partial charge in [-0.3, -0.25) is 15.2 Å². The molecule has 0 saturated carbocycles. The van der Waals surface area contributed by atoms with Gasteiger partial charge in [0, 0.05) is 12.5 Å². The molecule has 0 unspecified atom stereocenters. The Hall–Kier alpha value is -1.80. The fourth-order valence-corrected chi connectivity index (χ4v) is 1.58. The number of aromatic nitrogens is 1. The third-order valence-corrected chi connectivity index (χ3v) is 2.84. The highest BCUT2D eigenvalue weighted by atomic mass is 35.5. The van der Waals surface area contributed by atoms with Crippen molar-refractivity contribution in [3.05, 3.63) is 22.3 Å². The second-order valence-electron chi connectivity index (χ2n) is 5.32. The molecule has 0 aliphatic rings. The summed E-state index contributed by atoms with van der Waals surface area (Å²) < 4.78 is 0. The van der Waals surface area contributed by atoms with Gasteiger partial charge >= 0.3 is 0 Å². The van der Waals surface area contributed by atoms with Crippen LogP contribution >= 0.6 is 11.6 Å². The fraction of sp³-hybridized carbons (Fsp3) is 0.462. The smallest absolute Gasteiger partial charge is 0.243 e. The summed E-state index contributed by atoms with van der Waals surface area (Å²) in [5.74, 6) is 0.356. The van der Waals surface area contributed by atoms with Gasteiger partial charge in [0.05, 0.1) is 5.56 Å². The van der Waals surface area contributed by atoms with Gasteiger partial charge in [0.1, 0.15) is 17.0 Å². The van der Waals surface area contributed by atoms with Crippen molar-refractivity contribution in [3.8, 4) is 6.07 Å². The van der Waals surface area contributed by atoms with Crippen LogP contribution in [-0.2, 0) is 4.79 Å². The number of halogens is 1. The molecule has 1 amide bonds. The molecule has 0 aliphatic heterocycles. The number of nitriles is 1. The molecule has 102 valence electrons. The van der Waals surface area contributed by atoms with Gasteiger partial charge in [-0.05, 0) is 18.6 Å². The van der Waals surface area contributed by atoms with E-state index in [1.165, 1.54) is 5.01 Å². The molecule has 5 nitrogen and oxygen atoms in total. The molecule has 0 fully saturated rings. The third kappa shape index (κ3) is 3.58. The second-order valence-corrected chi connectivity index (χ2v) is 5.68. The number of hydrogen-bond donors (Lipinski definition) is 1. The van der Waals surface area contributed by atoms with E-state index in [1.54, 1.807) is 20.0 Å². The number of amides is 1. The number of carbonyl (C=O) groups is 1. The maximum absolute atomic E-state index is 11.9. The van der Waals surface area contributed by atoms with Crippen LogP contribution in [0.25, 0.3) is 0 Å². The Labute approximate surface area is 118 Å². The molecule has 0 aromatic carbocycles. The van der Waals surface area contributed by atoms with Gasteiger partial charge in [0.2, 0.25) is 5.91 Å². The zero-order chi connectivity index (χ0) is 14.8. The summed E-state index contributed by atoms with van der Waals surface area (Å²) in [7, 11) is 1.67. The number of carbonyl (C=O) groups excluding carboxylic acids is 1. The first-order chi connectivity index (χ1) is 8.66. The van der Waals surface area contributed by atoms with E-state index in [0.717, 1.165) is 0 Å². The van der Waals surface area contributed by atoms with Crippen LogP contribution in [0.2, 0.25) is 5.15 Å². The van der Waals surface area contributed by atoms with Gasteiger partial charge in [0.15, 0.2) is 0 Å². The van der Waals surface area contributed by atoms with Crippen molar-refractivity contribution in [2.24, 2.45) is 5.41 Å². The first kappa shape index (κ1) is 15.3. The highest BCUT2D eigenvalue weighted by molar-refractivity contribution is 6.30. The lowest BCUT2D eigenvalue weighted by molar-refractivity contribution is -0.128. The molecular weight excluding hydrogens is 264 g/mol. The summed E-state index contributed by atoms with van der Waals surface area (Å²) in [4.78, 5) is 16.0. The average Bonchev–Trinajstić information content (AvgIpc) is 2.27. The SMILES string of the molecule is Cc1cc(N(C)NC(=O)C(C)(C)C)nc(Cl)c1C#N. The zero-order valence-electron chi connectivity index (χ0n) is 11.7. The Balaban J connectivity index is 3.00. The summed E-state index contributed by atoms with van der Waals surface area (Å²) in [5.41, 5.74) is 3.28. The van der Waals surface area contributed by atoms with Gasteiger partial charge in [-0.2, -0.15) is 5.26 Å². The molecule has 0 aliphatic carbocycles. The number of pyridine rings is 1. The van der Waals surface area contributed by atoms with Crippen LogP contribution in [0.3, 0.4) is 0 Å². The van der Waals surface area contributed by atoms with E-state index < -0.39 is 5.41 Å². The molecule has 0 bridgehead atoms. The highest BCUT2D eigenvalue weighted by Gasteiger charge is 2.23. The lowest BCUT2D eigenvalue weighted by atomic mass is 9.96. The molecule has 1 rings (SSSR count). The van der Waals surface area contributed by atoms with Gasteiger partial charge in [-0.1, -0.05) is 32.4 Å². The lowest BCUT2D eigenvalue weighted by Crippen LogP contribution is -2.45. The van der Waals surface area contributed by atoms with E-state index in [0.29, 0.717) is 16.9 Å². The second kappa shape index (κ2) is 5.45. The van der Waals surface area contributed by atoms with Crippen molar-refractivity contribution >= 4 is 23.3 Å². The fourth-order valence-electron chi connectivity index (χ4n) is 1.30. The van der Waals surface area contributed by atoms with Crippen molar-refractivity contribution < 1.29 is 4.79 Å². The predicted octanol–water partition coefficient (Wildman–Crippen LogP) is 2.43. The predicted molar refractivity (Wildman–Crippen MR) is 74.7 cm³/mol. The minimum Gasteiger partial charge on any atom is -0.273 e. The Morgan fingerprint density at radius 1 is 1.53 bits per heavy atom. The van der Waals surface area contributed by atoms with E-state index in [4.69, 9.17) is 16.9 Å². The topological polar surface area (TPSA) is 69.0 Å². The number of hydrazine groups is 1. The number of aryl methyl sites for hydroxylation is 1. The van der Waals surface area contributed by atoms with Crippen LogP contribution in [0.15, 0.2) is 6.07 Å². The summed E-state index contributed by atoms with van der Waals surface area (Å²) in [6.07, 6.45) is 0. The normalized spacial score (nSPS) is 10.8. The molecule has 0 radical (unpaired) electrons. The molecule has 19 heavy (non-hydrogen) atoms. The first-order valence-corrected chi connectivity index (χ1v) is 6.16. The Kier molecular flexibility index (Phi) is 4.38. The van der Waals surface area contributed by atoms with Crippen LogP contribution in [-0.4, -0.2) is 17.9 Å². The number of nitrogens with zero attached hydrogens (tertiary/aromatic N) is 3. The van der Waals surface area contributed by atoms with E-state index in [-0.39, 0.29) is 11.1 Å². The number of hydrogen-bond acceptors (Lipinski definition) is 4. The minimum absolute atomic E-state index is 0.130. The van der Waals surface area contributed by atoms with Crippen LogP contribution in [0.5, 0.6) is 0 Å². The van der Waals surface area contributed by atoms with Gasteiger partial charge in [0.25, 0.3) is 0 Å². The van der Waals surface area contributed by atoms with Crippen molar-refractivity contribution in [1.29, 1.82) is 5.26 Å². The monoisotopic (exact) mass is 280 g/mol. The van der Waals surface area contributed by atoms with Crippen molar-refractivity contribution in [1.82, 2.24) is 10.4 Å². The van der Waals surface area contributed by atoms with E-state index in [9.17, 15) is 4.79 Å². The molecule has 6 heteroatoms. The quantitative estimate of drug-likeness (QED) is 0.667. The van der Waals surface area contributed by atoms with E-state index in [1.807, 2.05) is 26.8 Å². The van der Waals surface area contributed by atoms with Gasteiger partial charge in [-0.15, -0.1) is 0 Å². The number of rotatable bonds is 2. The van der Waals surface area contributed by atoms with Crippen LogP contribution in [0.4, 0.5) is 5.82 Å². The van der Waals surface area contributed by atoms with Gasteiger partial charge < -0.3 is 0 Å². The highest BCUT2D eigenvalue weighted by Crippen LogP contribution is 2.22. The molecule has 0 atom stereocenters. The summed E-state index contributed by atoms with van der Waals surface area (Å²) in [6, 6.07) is 3.70. The Morgan fingerprint density at radius 3 is 2.53 bits per heavy atom. The van der Waals surface area contributed by atoms with Crippen molar-refractivity contribution in [2.75, 3.05) is 12.1 Å². The van der Waals surface area contributed by atoms with Crippen LogP contribution in [0, 0.1) is 23.7 Å². The third-order valence-electron chi connectivity index (χ3n) is 2.56. The summed E-state index contributed by atoms with van der Waals surface area (Å²) >= 11 is 5.93. The standard InChI is InChI=1S/C13H17ClN4O/c1-8-6-10(16-11(14)9(8)7-15)18(5)17-12(19)13(2,3)4/h6H,1-5H3,(H,17,19). The number of anilines is 1. The van der Waals surface area contributed by atoms with E-state index in [2.05, 4.69) is 10.4 Å². The first-order valence-electron chi connectivity index (χ1n) is 5.79. The van der Waals surface area contributed by atoms with Gasteiger partial charge in [-0.25, -0.2) is 4.98 Å². The Morgan fingerprint density at radius 2 is 2.11 bits per heavy atom. The maximum Gasteiger partial charge on any atom is 0.243 e. The number of nitrogens with one attached hydrogen (secondary N) is 1. The van der Waals surface area contributed by atoms with Crippen molar-refractivity contribution in [3.63, 3.8) is 0 Å². The van der Waals surface area contributed by atoms with E-state index >= 15 is 0 Å². The van der Waals surface area contributed by atoms with Crippen LogP contribution < -0.4 is 10.4 Å².